The van der Waals surface area contributed by atoms with Crippen LogP contribution in [0.2, 0.25) is 0 Å². The zero-order valence-corrected chi connectivity index (χ0v) is 23.5. The molecule has 0 heterocycles. The molecule has 0 aliphatic heterocycles. The number of sulfonamides is 1. The van der Waals surface area contributed by atoms with E-state index in [1.54, 1.807) is 50.2 Å². The maximum atomic E-state index is 14.6. The van der Waals surface area contributed by atoms with Crippen LogP contribution in [-0.2, 0) is 26.2 Å². The second-order valence-corrected chi connectivity index (χ2v) is 11.3. The van der Waals surface area contributed by atoms with E-state index in [0.29, 0.717) is 5.75 Å². The van der Waals surface area contributed by atoms with Crippen LogP contribution in [0.15, 0.2) is 77.7 Å². The smallest absolute Gasteiger partial charge is 0.264 e. The van der Waals surface area contributed by atoms with Crippen molar-refractivity contribution in [3.63, 3.8) is 0 Å². The number of hydrogen-bond donors (Lipinski definition) is 1. The van der Waals surface area contributed by atoms with Gasteiger partial charge in [-0.2, -0.15) is 0 Å². The predicted molar refractivity (Wildman–Crippen MR) is 148 cm³/mol. The minimum absolute atomic E-state index is 0.00465. The standard InChI is InChI=1S/C29H34FN3O5S/c1-20(2)31-29(35)22(4)32(18-23-9-6-7-12-27(23)30)28(34)19-33(24-10-8-11-25(17-24)38-5)39(36,37)26-15-13-21(3)14-16-26/h6-17,20,22H,18-19H2,1-5H3,(H,31,35)/t22-/m0/s1. The molecule has 1 N–H and O–H groups in total. The number of aryl methyl sites for hydroxylation is 1. The third kappa shape index (κ3) is 7.35. The second kappa shape index (κ2) is 12.8. The van der Waals surface area contributed by atoms with Crippen LogP contribution in [0.1, 0.15) is 31.9 Å². The van der Waals surface area contributed by atoms with E-state index in [1.165, 1.54) is 55.3 Å². The number of nitrogens with one attached hydrogen (secondary N) is 1. The van der Waals surface area contributed by atoms with Crippen molar-refractivity contribution in [3.8, 4) is 5.75 Å². The van der Waals surface area contributed by atoms with E-state index >= 15 is 0 Å². The van der Waals surface area contributed by atoms with Gasteiger partial charge >= 0.3 is 0 Å². The van der Waals surface area contributed by atoms with Crippen LogP contribution in [0.3, 0.4) is 0 Å². The van der Waals surface area contributed by atoms with Crippen molar-refractivity contribution in [1.29, 1.82) is 0 Å². The summed E-state index contributed by atoms with van der Waals surface area (Å²) in [5.41, 5.74) is 1.27. The van der Waals surface area contributed by atoms with Gasteiger partial charge in [0.1, 0.15) is 24.2 Å². The van der Waals surface area contributed by atoms with Crippen LogP contribution < -0.4 is 14.4 Å². The van der Waals surface area contributed by atoms with E-state index in [4.69, 9.17) is 4.74 Å². The minimum Gasteiger partial charge on any atom is -0.497 e. The summed E-state index contributed by atoms with van der Waals surface area (Å²) < 4.78 is 48.5. The van der Waals surface area contributed by atoms with Crippen LogP contribution in [-0.4, -0.2) is 50.9 Å². The molecule has 0 aromatic heterocycles. The third-order valence-corrected chi connectivity index (χ3v) is 7.91. The number of hydrogen-bond acceptors (Lipinski definition) is 5. The van der Waals surface area contributed by atoms with Crippen molar-refractivity contribution >= 4 is 27.5 Å². The normalized spacial score (nSPS) is 12.1. The summed E-state index contributed by atoms with van der Waals surface area (Å²) in [4.78, 5) is 27.9. The zero-order valence-electron chi connectivity index (χ0n) is 22.7. The molecule has 8 nitrogen and oxygen atoms in total. The van der Waals surface area contributed by atoms with Crippen molar-refractivity contribution in [3.05, 3.63) is 89.7 Å². The Morgan fingerprint density at radius 1 is 0.974 bits per heavy atom. The average Bonchev–Trinajstić information content (AvgIpc) is 2.90. The molecule has 0 radical (unpaired) electrons. The molecule has 39 heavy (non-hydrogen) atoms. The van der Waals surface area contributed by atoms with Crippen LogP contribution >= 0.6 is 0 Å². The topological polar surface area (TPSA) is 96.0 Å². The third-order valence-electron chi connectivity index (χ3n) is 6.13. The van der Waals surface area contributed by atoms with E-state index in [2.05, 4.69) is 5.32 Å². The lowest BCUT2D eigenvalue weighted by atomic mass is 10.1. The van der Waals surface area contributed by atoms with Gasteiger partial charge in [0.2, 0.25) is 11.8 Å². The Hall–Kier alpha value is -3.92. The fraction of sp³-hybridized carbons (Fsp3) is 0.310. The number of amides is 2. The van der Waals surface area contributed by atoms with Gasteiger partial charge in [0.15, 0.2) is 0 Å². The van der Waals surface area contributed by atoms with Gasteiger partial charge in [-0.05, 0) is 58.0 Å². The molecule has 0 spiro atoms. The van der Waals surface area contributed by atoms with Crippen LogP contribution in [0, 0.1) is 12.7 Å². The number of carbonyl (C=O) groups is 2. The monoisotopic (exact) mass is 555 g/mol. The highest BCUT2D eigenvalue weighted by Gasteiger charge is 2.33. The number of carbonyl (C=O) groups excluding carboxylic acids is 2. The van der Waals surface area contributed by atoms with Crippen molar-refractivity contribution in [2.75, 3.05) is 18.0 Å². The highest BCUT2D eigenvalue weighted by atomic mass is 32.2. The Balaban J connectivity index is 2.06. The Morgan fingerprint density at radius 2 is 1.64 bits per heavy atom. The molecule has 0 unspecified atom stereocenters. The quantitative estimate of drug-likeness (QED) is 0.381. The molecule has 0 aliphatic rings. The first-order chi connectivity index (χ1) is 18.4. The maximum Gasteiger partial charge on any atom is 0.264 e. The summed E-state index contributed by atoms with van der Waals surface area (Å²) in [6, 6.07) is 17.4. The predicted octanol–water partition coefficient (Wildman–Crippen LogP) is 4.28. The molecule has 3 aromatic rings. The molecule has 3 rings (SSSR count). The van der Waals surface area contributed by atoms with Gasteiger partial charge in [-0.15, -0.1) is 0 Å². The largest absolute Gasteiger partial charge is 0.497 e. The SMILES string of the molecule is COc1cccc(N(CC(=O)N(Cc2ccccc2F)[C@@H](C)C(=O)NC(C)C)S(=O)(=O)c2ccc(C)cc2)c1. The lowest BCUT2D eigenvalue weighted by Gasteiger charge is -2.32. The van der Waals surface area contributed by atoms with E-state index < -0.39 is 40.2 Å². The average molecular weight is 556 g/mol. The number of methoxy groups -OCH3 is 1. The van der Waals surface area contributed by atoms with Gasteiger partial charge in [-0.1, -0.05) is 42.0 Å². The Labute approximate surface area is 229 Å². The van der Waals surface area contributed by atoms with Gasteiger partial charge in [0.05, 0.1) is 17.7 Å². The minimum atomic E-state index is -4.21. The van der Waals surface area contributed by atoms with E-state index in [0.717, 1.165) is 9.87 Å². The molecule has 0 bridgehead atoms. The Kier molecular flexibility index (Phi) is 9.69. The number of benzene rings is 3. The molecule has 0 saturated heterocycles. The summed E-state index contributed by atoms with van der Waals surface area (Å²) in [5.74, 6) is -1.26. The van der Waals surface area contributed by atoms with Crippen molar-refractivity contribution in [2.24, 2.45) is 0 Å². The molecule has 0 saturated carbocycles. The van der Waals surface area contributed by atoms with Gasteiger partial charge in [-0.3, -0.25) is 13.9 Å². The van der Waals surface area contributed by atoms with Gasteiger partial charge in [-0.25, -0.2) is 12.8 Å². The first-order valence-electron chi connectivity index (χ1n) is 12.5. The van der Waals surface area contributed by atoms with Gasteiger partial charge < -0.3 is 15.0 Å². The van der Waals surface area contributed by atoms with E-state index in [1.807, 2.05) is 6.92 Å². The molecule has 208 valence electrons. The summed E-state index contributed by atoms with van der Waals surface area (Å²) >= 11 is 0. The fourth-order valence-electron chi connectivity index (χ4n) is 3.93. The summed E-state index contributed by atoms with van der Waals surface area (Å²) in [7, 11) is -2.76. The second-order valence-electron chi connectivity index (χ2n) is 9.48. The summed E-state index contributed by atoms with van der Waals surface area (Å²) in [5, 5.41) is 2.76. The number of anilines is 1. The van der Waals surface area contributed by atoms with E-state index in [9.17, 15) is 22.4 Å². The Morgan fingerprint density at radius 3 is 2.26 bits per heavy atom. The first-order valence-corrected chi connectivity index (χ1v) is 13.9. The summed E-state index contributed by atoms with van der Waals surface area (Å²) in [6.07, 6.45) is 0. The summed E-state index contributed by atoms with van der Waals surface area (Å²) in [6.45, 7) is 6.08. The molecular weight excluding hydrogens is 521 g/mol. The molecular formula is C29H34FN3O5S. The highest BCUT2D eigenvalue weighted by Crippen LogP contribution is 2.28. The van der Waals surface area contributed by atoms with Crippen LogP contribution in [0.5, 0.6) is 5.75 Å². The molecule has 0 aliphatic carbocycles. The molecule has 3 aromatic carbocycles. The van der Waals surface area contributed by atoms with Crippen molar-refractivity contribution in [1.82, 2.24) is 10.2 Å². The molecule has 1 atom stereocenters. The fourth-order valence-corrected chi connectivity index (χ4v) is 5.34. The lowest BCUT2D eigenvalue weighted by molar-refractivity contribution is -0.139. The number of halogens is 1. The van der Waals surface area contributed by atoms with Crippen LogP contribution in [0.4, 0.5) is 10.1 Å². The van der Waals surface area contributed by atoms with Crippen LogP contribution in [0.25, 0.3) is 0 Å². The van der Waals surface area contributed by atoms with Crippen molar-refractivity contribution in [2.45, 2.75) is 51.2 Å². The number of rotatable bonds is 11. The highest BCUT2D eigenvalue weighted by molar-refractivity contribution is 7.92. The lowest BCUT2D eigenvalue weighted by Crippen LogP contribution is -2.52. The number of ether oxygens (including phenoxy) is 1. The zero-order chi connectivity index (χ0) is 28.7. The molecule has 10 heteroatoms. The van der Waals surface area contributed by atoms with Gasteiger partial charge in [0, 0.05) is 24.2 Å². The van der Waals surface area contributed by atoms with Gasteiger partial charge in [0.25, 0.3) is 10.0 Å². The van der Waals surface area contributed by atoms with E-state index in [-0.39, 0.29) is 28.7 Å². The first kappa shape index (κ1) is 29.6. The maximum absolute atomic E-state index is 14.6. The number of nitrogens with zero attached hydrogens (tertiary/aromatic N) is 2. The molecule has 2 amide bonds. The Bertz CT molecular complexity index is 1410. The molecule has 0 fully saturated rings. The van der Waals surface area contributed by atoms with Crippen molar-refractivity contribution < 1.29 is 27.1 Å².